The van der Waals surface area contributed by atoms with Crippen molar-refractivity contribution in [3.63, 3.8) is 0 Å². The van der Waals surface area contributed by atoms with Gasteiger partial charge in [-0.3, -0.25) is 14.4 Å². The monoisotopic (exact) mass is 272 g/mol. The minimum Gasteiger partial charge on any atom is -0.327 e. The second kappa shape index (κ2) is 4.74. The van der Waals surface area contributed by atoms with E-state index in [-0.39, 0.29) is 17.7 Å². The lowest BCUT2D eigenvalue weighted by Crippen LogP contribution is -2.51. The number of imide groups is 1. The number of anilines is 1. The minimum absolute atomic E-state index is 0.151. The summed E-state index contributed by atoms with van der Waals surface area (Å²) in [5.41, 5.74) is 0.838. The van der Waals surface area contributed by atoms with Crippen LogP contribution in [0.2, 0.25) is 0 Å². The largest absolute Gasteiger partial charge is 0.327 e. The molecule has 0 spiro atoms. The fourth-order valence-electron chi connectivity index (χ4n) is 3.03. The van der Waals surface area contributed by atoms with Gasteiger partial charge in [0.15, 0.2) is 0 Å². The third-order valence-corrected chi connectivity index (χ3v) is 3.96. The summed E-state index contributed by atoms with van der Waals surface area (Å²) in [7, 11) is 0. The number of rotatable bonds is 0. The van der Waals surface area contributed by atoms with Gasteiger partial charge in [0, 0.05) is 13.5 Å². The average molecular weight is 272 g/mol. The zero-order valence-electron chi connectivity index (χ0n) is 11.3. The van der Waals surface area contributed by atoms with Gasteiger partial charge in [-0.25, -0.2) is 4.90 Å². The maximum Gasteiger partial charge on any atom is 0.256 e. The van der Waals surface area contributed by atoms with Crippen molar-refractivity contribution in [2.24, 2.45) is 0 Å². The summed E-state index contributed by atoms with van der Waals surface area (Å²) in [4.78, 5) is 39.9. The van der Waals surface area contributed by atoms with Crippen molar-refractivity contribution in [2.75, 3.05) is 11.4 Å². The van der Waals surface area contributed by atoms with Gasteiger partial charge in [-0.1, -0.05) is 12.1 Å². The van der Waals surface area contributed by atoms with Crippen LogP contribution in [0.1, 0.15) is 36.5 Å². The molecular formula is C15H16N2O3. The van der Waals surface area contributed by atoms with Crippen molar-refractivity contribution < 1.29 is 14.4 Å². The summed E-state index contributed by atoms with van der Waals surface area (Å²) >= 11 is 0. The predicted molar refractivity (Wildman–Crippen MR) is 73.3 cm³/mol. The quantitative estimate of drug-likeness (QED) is 0.720. The number of hydrogen-bond acceptors (Lipinski definition) is 3. The van der Waals surface area contributed by atoms with E-state index in [1.165, 1.54) is 6.92 Å². The van der Waals surface area contributed by atoms with Crippen molar-refractivity contribution in [1.29, 1.82) is 0 Å². The van der Waals surface area contributed by atoms with Crippen molar-refractivity contribution in [3.8, 4) is 0 Å². The average Bonchev–Trinajstić information content (AvgIpc) is 2.55. The summed E-state index contributed by atoms with van der Waals surface area (Å²) in [6.07, 6.45) is 2.43. The van der Waals surface area contributed by atoms with Gasteiger partial charge in [-0.2, -0.15) is 0 Å². The van der Waals surface area contributed by atoms with Crippen molar-refractivity contribution in [2.45, 2.75) is 32.2 Å². The number of piperidine rings is 1. The number of carbonyl (C=O) groups excluding carboxylic acids is 3. The molecule has 0 aliphatic carbocycles. The van der Waals surface area contributed by atoms with E-state index in [2.05, 4.69) is 0 Å². The Balaban J connectivity index is 2.18. The fourth-order valence-corrected chi connectivity index (χ4v) is 3.03. The first-order chi connectivity index (χ1) is 9.61. The molecule has 1 atom stereocenters. The first kappa shape index (κ1) is 12.8. The van der Waals surface area contributed by atoms with Crippen LogP contribution in [0.5, 0.6) is 0 Å². The second-order valence-corrected chi connectivity index (χ2v) is 5.22. The third-order valence-electron chi connectivity index (χ3n) is 3.96. The van der Waals surface area contributed by atoms with Crippen molar-refractivity contribution in [1.82, 2.24) is 4.90 Å². The van der Waals surface area contributed by atoms with Crippen LogP contribution in [0.15, 0.2) is 24.3 Å². The van der Waals surface area contributed by atoms with E-state index in [1.807, 2.05) is 0 Å². The van der Waals surface area contributed by atoms with Crippen LogP contribution in [0.4, 0.5) is 5.69 Å². The van der Waals surface area contributed by atoms with Gasteiger partial charge in [0.25, 0.3) is 11.8 Å². The highest BCUT2D eigenvalue weighted by Gasteiger charge is 2.41. The highest BCUT2D eigenvalue weighted by Crippen LogP contribution is 2.31. The zero-order valence-corrected chi connectivity index (χ0v) is 11.3. The fraction of sp³-hybridized carbons (Fsp3) is 0.400. The Kier molecular flexibility index (Phi) is 3.04. The van der Waals surface area contributed by atoms with Crippen LogP contribution in [-0.4, -0.2) is 35.2 Å². The molecular weight excluding hydrogens is 256 g/mol. The Hall–Kier alpha value is -2.17. The number of carbonyl (C=O) groups is 3. The molecule has 1 fully saturated rings. The van der Waals surface area contributed by atoms with Crippen LogP contribution >= 0.6 is 0 Å². The Bertz CT molecular complexity index is 597. The van der Waals surface area contributed by atoms with Crippen LogP contribution in [0.3, 0.4) is 0 Å². The molecule has 2 heterocycles. The first-order valence-electron chi connectivity index (χ1n) is 6.86. The van der Waals surface area contributed by atoms with Gasteiger partial charge in [0.05, 0.1) is 11.3 Å². The summed E-state index contributed by atoms with van der Waals surface area (Å²) in [5.74, 6) is -0.777. The molecule has 1 aromatic rings. The summed E-state index contributed by atoms with van der Waals surface area (Å²) in [5, 5.41) is 0. The smallest absolute Gasteiger partial charge is 0.256 e. The molecule has 0 radical (unpaired) electrons. The topological polar surface area (TPSA) is 57.7 Å². The van der Waals surface area contributed by atoms with Crippen molar-refractivity contribution >= 4 is 23.4 Å². The van der Waals surface area contributed by atoms with Gasteiger partial charge in [-0.05, 0) is 31.4 Å². The molecule has 5 nitrogen and oxygen atoms in total. The van der Waals surface area contributed by atoms with Gasteiger partial charge in [-0.15, -0.1) is 0 Å². The Morgan fingerprint density at radius 3 is 2.70 bits per heavy atom. The van der Waals surface area contributed by atoms with Crippen LogP contribution < -0.4 is 4.90 Å². The molecule has 3 rings (SSSR count). The van der Waals surface area contributed by atoms with Gasteiger partial charge in [0.1, 0.15) is 6.04 Å². The summed E-state index contributed by atoms with van der Waals surface area (Å²) < 4.78 is 0. The van der Waals surface area contributed by atoms with E-state index in [1.54, 1.807) is 29.2 Å². The number of nitrogens with zero attached hydrogens (tertiary/aromatic N) is 2. The van der Waals surface area contributed by atoms with Gasteiger partial charge >= 0.3 is 0 Å². The van der Waals surface area contributed by atoms with Gasteiger partial charge in [0.2, 0.25) is 5.91 Å². The maximum atomic E-state index is 12.6. The Labute approximate surface area is 117 Å². The van der Waals surface area contributed by atoms with E-state index in [0.717, 1.165) is 17.7 Å². The molecule has 0 bridgehead atoms. The van der Waals surface area contributed by atoms with E-state index in [4.69, 9.17) is 0 Å². The molecule has 5 heteroatoms. The van der Waals surface area contributed by atoms with Crippen molar-refractivity contribution in [3.05, 3.63) is 29.8 Å². The minimum atomic E-state index is -0.507. The number of amides is 3. The predicted octanol–water partition coefficient (Wildman–Crippen LogP) is 1.57. The highest BCUT2D eigenvalue weighted by atomic mass is 16.2. The van der Waals surface area contributed by atoms with E-state index in [0.29, 0.717) is 24.2 Å². The summed E-state index contributed by atoms with van der Waals surface area (Å²) in [6.45, 7) is 1.94. The molecule has 0 unspecified atom stereocenters. The lowest BCUT2D eigenvalue weighted by Gasteiger charge is -2.33. The molecule has 2 aliphatic heterocycles. The molecule has 0 N–H and O–H groups in total. The molecule has 3 amide bonds. The Morgan fingerprint density at radius 2 is 1.95 bits per heavy atom. The molecule has 2 aliphatic rings. The highest BCUT2D eigenvalue weighted by molar-refractivity contribution is 6.21. The SMILES string of the molecule is CC(=O)N1C(=O)[C@@H]2CCCCN2C(=O)c2ccccc21. The molecule has 0 aromatic heterocycles. The molecule has 1 aromatic carbocycles. The van der Waals surface area contributed by atoms with Gasteiger partial charge < -0.3 is 4.90 Å². The lowest BCUT2D eigenvalue weighted by molar-refractivity contribution is -0.128. The lowest BCUT2D eigenvalue weighted by atomic mass is 10.0. The Morgan fingerprint density at radius 1 is 1.20 bits per heavy atom. The zero-order chi connectivity index (χ0) is 14.3. The van der Waals surface area contributed by atoms with Crippen LogP contribution in [0, 0.1) is 0 Å². The van der Waals surface area contributed by atoms with Crippen LogP contribution in [0.25, 0.3) is 0 Å². The number of para-hydroxylation sites is 1. The number of benzene rings is 1. The molecule has 104 valence electrons. The molecule has 1 saturated heterocycles. The summed E-state index contributed by atoms with van der Waals surface area (Å²) in [6, 6.07) is 6.32. The molecule has 20 heavy (non-hydrogen) atoms. The standard InChI is InChI=1S/C15H16N2O3/c1-10(18)17-12-7-3-2-6-11(12)14(19)16-9-5-4-8-13(16)15(17)20/h2-3,6-7,13H,4-5,8-9H2,1H3/t13-/m0/s1. The maximum absolute atomic E-state index is 12.6. The van der Waals surface area contributed by atoms with E-state index < -0.39 is 6.04 Å². The first-order valence-corrected chi connectivity index (χ1v) is 6.86. The van der Waals surface area contributed by atoms with Crippen LogP contribution in [-0.2, 0) is 9.59 Å². The second-order valence-electron chi connectivity index (χ2n) is 5.22. The number of fused-ring (bicyclic) bond motifs is 2. The third kappa shape index (κ3) is 1.81. The number of hydrogen-bond donors (Lipinski definition) is 0. The van der Waals surface area contributed by atoms with E-state index in [9.17, 15) is 14.4 Å². The molecule has 0 saturated carbocycles. The van der Waals surface area contributed by atoms with E-state index >= 15 is 0 Å². The normalized spacial score (nSPS) is 22.1.